The van der Waals surface area contributed by atoms with Crippen LogP contribution in [0.4, 0.5) is 17.1 Å². The molecule has 0 aliphatic heterocycles. The minimum atomic E-state index is 0.0690. The maximum absolute atomic E-state index is 10.5. The molecule has 0 fully saturated rings. The third kappa shape index (κ3) is 2.75. The Morgan fingerprint density at radius 3 is 2.48 bits per heavy atom. The van der Waals surface area contributed by atoms with Crippen molar-refractivity contribution < 1.29 is 5.11 Å². The Morgan fingerprint density at radius 1 is 0.957 bits per heavy atom. The van der Waals surface area contributed by atoms with E-state index in [1.54, 1.807) is 6.07 Å². The molecule has 0 saturated heterocycles. The maximum Gasteiger partial charge on any atom is 0.152 e. The van der Waals surface area contributed by atoms with Gasteiger partial charge in [0.15, 0.2) is 5.75 Å². The molecule has 4 nitrogen and oxygen atoms in total. The molecule has 116 valence electrons. The van der Waals surface area contributed by atoms with Crippen LogP contribution in [-0.2, 0) is 0 Å². The van der Waals surface area contributed by atoms with Gasteiger partial charge in [0, 0.05) is 11.1 Å². The van der Waals surface area contributed by atoms with Gasteiger partial charge in [-0.05, 0) is 61.0 Å². The molecule has 0 bridgehead atoms. The van der Waals surface area contributed by atoms with E-state index in [1.807, 2.05) is 57.2 Å². The summed E-state index contributed by atoms with van der Waals surface area (Å²) in [5.41, 5.74) is 11.1. The topological polar surface area (TPSA) is 71.0 Å². The molecular formula is C19H19N3O. The highest BCUT2D eigenvalue weighted by atomic mass is 16.3. The molecule has 0 spiro atoms. The zero-order chi connectivity index (χ0) is 16.6. The summed E-state index contributed by atoms with van der Waals surface area (Å²) in [7, 11) is 0. The number of phenolic OH excluding ortho intramolecular Hbond substituents is 1. The van der Waals surface area contributed by atoms with E-state index in [4.69, 9.17) is 5.73 Å². The van der Waals surface area contributed by atoms with E-state index in [2.05, 4.69) is 10.2 Å². The second-order valence-electron chi connectivity index (χ2n) is 5.80. The normalized spacial score (nSPS) is 11.4. The first kappa shape index (κ1) is 15.0. The van der Waals surface area contributed by atoms with E-state index in [-0.39, 0.29) is 5.75 Å². The van der Waals surface area contributed by atoms with Gasteiger partial charge in [-0.25, -0.2) is 0 Å². The lowest BCUT2D eigenvalue weighted by Crippen LogP contribution is -1.94. The summed E-state index contributed by atoms with van der Waals surface area (Å²) in [5.74, 6) is 0.0690. The molecule has 3 N–H and O–H groups in total. The van der Waals surface area contributed by atoms with E-state index < -0.39 is 0 Å². The van der Waals surface area contributed by atoms with Gasteiger partial charge in [0.25, 0.3) is 0 Å². The van der Waals surface area contributed by atoms with Crippen LogP contribution in [0.2, 0.25) is 0 Å². The summed E-state index contributed by atoms with van der Waals surface area (Å²) >= 11 is 0. The third-order valence-corrected chi connectivity index (χ3v) is 4.10. The summed E-state index contributed by atoms with van der Waals surface area (Å²) < 4.78 is 0. The fourth-order valence-electron chi connectivity index (χ4n) is 2.62. The number of benzene rings is 3. The van der Waals surface area contributed by atoms with Crippen molar-refractivity contribution in [2.45, 2.75) is 20.8 Å². The number of aryl methyl sites for hydroxylation is 2. The first-order valence-electron chi connectivity index (χ1n) is 7.47. The van der Waals surface area contributed by atoms with Gasteiger partial charge in [-0.2, -0.15) is 5.11 Å². The molecule has 0 saturated carbocycles. The highest BCUT2D eigenvalue weighted by molar-refractivity contribution is 6.02. The van der Waals surface area contributed by atoms with Crippen LogP contribution in [0.5, 0.6) is 5.75 Å². The maximum atomic E-state index is 10.5. The summed E-state index contributed by atoms with van der Waals surface area (Å²) in [6, 6.07) is 13.4. The number of azo groups is 1. The summed E-state index contributed by atoms with van der Waals surface area (Å²) in [4.78, 5) is 0. The van der Waals surface area contributed by atoms with Gasteiger partial charge < -0.3 is 10.8 Å². The number of nitrogens with two attached hydrogens (primary N) is 1. The number of nitrogen functional groups attached to an aromatic ring is 1. The highest BCUT2D eigenvalue weighted by Crippen LogP contribution is 2.40. The minimum absolute atomic E-state index is 0.0690. The number of phenols is 1. The van der Waals surface area contributed by atoms with Crippen LogP contribution in [-0.4, -0.2) is 5.11 Å². The molecule has 0 unspecified atom stereocenters. The van der Waals surface area contributed by atoms with Gasteiger partial charge in [0.05, 0.1) is 5.69 Å². The minimum Gasteiger partial charge on any atom is -0.505 e. The molecule has 0 aliphatic rings. The Kier molecular flexibility index (Phi) is 3.74. The van der Waals surface area contributed by atoms with E-state index in [0.717, 1.165) is 27.8 Å². The van der Waals surface area contributed by atoms with Gasteiger partial charge in [0.2, 0.25) is 0 Å². The first-order valence-corrected chi connectivity index (χ1v) is 7.47. The van der Waals surface area contributed by atoms with Crippen molar-refractivity contribution in [3.05, 3.63) is 59.2 Å². The monoisotopic (exact) mass is 305 g/mol. The van der Waals surface area contributed by atoms with Crippen molar-refractivity contribution >= 4 is 27.8 Å². The Balaban J connectivity index is 2.11. The van der Waals surface area contributed by atoms with Crippen molar-refractivity contribution in [2.24, 2.45) is 10.2 Å². The Labute approximate surface area is 135 Å². The lowest BCUT2D eigenvalue weighted by Gasteiger charge is -2.11. The van der Waals surface area contributed by atoms with Crippen LogP contribution >= 0.6 is 0 Å². The summed E-state index contributed by atoms with van der Waals surface area (Å²) in [6.07, 6.45) is 0. The van der Waals surface area contributed by atoms with Gasteiger partial charge in [-0.1, -0.05) is 24.3 Å². The molecule has 3 rings (SSSR count). The standard InChI is InChI=1S/C19H19N3O/c1-11-5-4-6-15(9-11)21-22-16-8-7-14-10-12(2)13(3)18(20)17(14)19(16)23/h4-10,23H,20H2,1-3H3/b22-21-. The fraction of sp³-hybridized carbons (Fsp3) is 0.158. The van der Waals surface area contributed by atoms with Crippen LogP contribution in [0.1, 0.15) is 16.7 Å². The number of aromatic hydroxyl groups is 1. The lowest BCUT2D eigenvalue weighted by molar-refractivity contribution is 0.483. The van der Waals surface area contributed by atoms with Crippen molar-refractivity contribution in [1.29, 1.82) is 0 Å². The molecule has 0 aromatic heterocycles. The van der Waals surface area contributed by atoms with Gasteiger partial charge >= 0.3 is 0 Å². The largest absolute Gasteiger partial charge is 0.505 e. The Hall–Kier alpha value is -2.88. The molecule has 0 heterocycles. The van der Waals surface area contributed by atoms with E-state index in [1.165, 1.54) is 0 Å². The van der Waals surface area contributed by atoms with Crippen LogP contribution in [0.25, 0.3) is 10.8 Å². The average molecular weight is 305 g/mol. The second kappa shape index (κ2) is 5.72. The quantitative estimate of drug-likeness (QED) is 0.487. The Morgan fingerprint density at radius 2 is 1.74 bits per heavy atom. The number of rotatable bonds is 2. The van der Waals surface area contributed by atoms with Crippen molar-refractivity contribution in [1.82, 2.24) is 0 Å². The number of hydrogen-bond donors (Lipinski definition) is 2. The predicted octanol–water partition coefficient (Wildman–Crippen LogP) is 5.47. The lowest BCUT2D eigenvalue weighted by atomic mass is 9.99. The number of anilines is 1. The molecule has 4 heteroatoms. The van der Waals surface area contributed by atoms with E-state index in [9.17, 15) is 5.11 Å². The fourth-order valence-corrected chi connectivity index (χ4v) is 2.62. The second-order valence-corrected chi connectivity index (χ2v) is 5.80. The van der Waals surface area contributed by atoms with Crippen LogP contribution < -0.4 is 5.73 Å². The number of fused-ring (bicyclic) bond motifs is 1. The molecular weight excluding hydrogens is 286 g/mol. The van der Waals surface area contributed by atoms with Gasteiger partial charge in [0.1, 0.15) is 5.69 Å². The van der Waals surface area contributed by atoms with Gasteiger partial charge in [-0.3, -0.25) is 0 Å². The molecule has 0 aliphatic carbocycles. The predicted molar refractivity (Wildman–Crippen MR) is 94.9 cm³/mol. The highest BCUT2D eigenvalue weighted by Gasteiger charge is 2.12. The number of hydrogen-bond acceptors (Lipinski definition) is 4. The molecule has 23 heavy (non-hydrogen) atoms. The molecule has 0 atom stereocenters. The van der Waals surface area contributed by atoms with Gasteiger partial charge in [-0.15, -0.1) is 5.11 Å². The van der Waals surface area contributed by atoms with E-state index in [0.29, 0.717) is 16.8 Å². The number of nitrogens with zero attached hydrogens (tertiary/aromatic N) is 2. The molecule has 3 aromatic carbocycles. The van der Waals surface area contributed by atoms with Crippen LogP contribution in [0.15, 0.2) is 52.7 Å². The molecule has 3 aromatic rings. The zero-order valence-electron chi connectivity index (χ0n) is 13.5. The van der Waals surface area contributed by atoms with Crippen LogP contribution in [0.3, 0.4) is 0 Å². The summed E-state index contributed by atoms with van der Waals surface area (Å²) in [6.45, 7) is 5.95. The van der Waals surface area contributed by atoms with Crippen molar-refractivity contribution in [3.63, 3.8) is 0 Å². The smallest absolute Gasteiger partial charge is 0.152 e. The third-order valence-electron chi connectivity index (χ3n) is 4.10. The van der Waals surface area contributed by atoms with Crippen LogP contribution in [0, 0.1) is 20.8 Å². The molecule has 0 amide bonds. The van der Waals surface area contributed by atoms with Crippen molar-refractivity contribution in [3.8, 4) is 5.75 Å². The zero-order valence-corrected chi connectivity index (χ0v) is 13.5. The van der Waals surface area contributed by atoms with Crippen molar-refractivity contribution in [2.75, 3.05) is 5.73 Å². The average Bonchev–Trinajstić information content (AvgIpc) is 2.52. The summed E-state index contributed by atoms with van der Waals surface area (Å²) in [5, 5.41) is 20.5. The Bertz CT molecular complexity index is 930. The van der Waals surface area contributed by atoms with E-state index >= 15 is 0 Å². The SMILES string of the molecule is Cc1cccc(/N=N\c2ccc3cc(C)c(C)c(N)c3c2O)c1. The molecule has 0 radical (unpaired) electrons. The first-order chi connectivity index (χ1) is 11.0.